The zero-order valence-corrected chi connectivity index (χ0v) is 25.8. The van der Waals surface area contributed by atoms with Gasteiger partial charge in [0.25, 0.3) is 0 Å². The van der Waals surface area contributed by atoms with E-state index in [0.717, 1.165) is 16.7 Å². The molecule has 0 radical (unpaired) electrons. The van der Waals surface area contributed by atoms with Crippen LogP contribution in [0.3, 0.4) is 0 Å². The molecule has 0 heterocycles. The Hall–Kier alpha value is -5.10. The first-order valence-corrected chi connectivity index (χ1v) is 14.8. The van der Waals surface area contributed by atoms with Gasteiger partial charge in [-0.15, -0.1) is 0 Å². The normalized spacial score (nSPS) is 12.6. The maximum absolute atomic E-state index is 14.6. The average Bonchev–Trinajstić information content (AvgIpc) is 3.08. The summed E-state index contributed by atoms with van der Waals surface area (Å²) < 4.78 is 33.3. The fraction of sp³-hybridized carbons (Fsp3) is 0.179. The van der Waals surface area contributed by atoms with Crippen LogP contribution in [0.15, 0.2) is 127 Å². The number of halogens is 2. The molecule has 5 aromatic rings. The molecule has 1 amide bonds. The molecular weight excluding hydrogens is 568 g/mol. The Balaban J connectivity index is 0.000000215. The van der Waals surface area contributed by atoms with E-state index in [4.69, 9.17) is 0 Å². The second kappa shape index (κ2) is 15.6. The number of benzene rings is 5. The largest absolute Gasteiger partial charge is 0.469 e. The second-order valence-corrected chi connectivity index (χ2v) is 10.8. The molecule has 3 unspecified atom stereocenters. The van der Waals surface area contributed by atoms with E-state index in [1.807, 2.05) is 104 Å². The van der Waals surface area contributed by atoms with E-state index >= 15 is 0 Å². The molecule has 1 N–H and O–H groups in total. The summed E-state index contributed by atoms with van der Waals surface area (Å²) in [5.41, 5.74) is 5.03. The molecule has 0 saturated heterocycles. The topological polar surface area (TPSA) is 55.4 Å². The van der Waals surface area contributed by atoms with Gasteiger partial charge in [-0.25, -0.2) is 8.78 Å². The van der Waals surface area contributed by atoms with Gasteiger partial charge in [0.1, 0.15) is 11.6 Å². The van der Waals surface area contributed by atoms with Crippen LogP contribution < -0.4 is 5.32 Å². The fourth-order valence-corrected chi connectivity index (χ4v) is 4.93. The molecule has 0 aliphatic carbocycles. The summed E-state index contributed by atoms with van der Waals surface area (Å²) in [4.78, 5) is 24.0. The van der Waals surface area contributed by atoms with Crippen molar-refractivity contribution in [3.05, 3.63) is 156 Å². The molecule has 4 nitrogen and oxygen atoms in total. The Labute approximate surface area is 263 Å². The van der Waals surface area contributed by atoms with Crippen LogP contribution in [-0.2, 0) is 14.3 Å². The van der Waals surface area contributed by atoms with Crippen LogP contribution in [0.1, 0.15) is 55.3 Å². The lowest BCUT2D eigenvalue weighted by Crippen LogP contribution is -2.30. The number of ether oxygens (including phenoxy) is 1. The molecule has 45 heavy (non-hydrogen) atoms. The third-order valence-electron chi connectivity index (χ3n) is 7.76. The van der Waals surface area contributed by atoms with Crippen molar-refractivity contribution in [1.29, 1.82) is 0 Å². The minimum absolute atomic E-state index is 0.0976. The number of nitrogens with one attached hydrogen (secondary N) is 1. The second-order valence-electron chi connectivity index (χ2n) is 10.8. The number of esters is 1. The van der Waals surface area contributed by atoms with Gasteiger partial charge in [-0.05, 0) is 60.7 Å². The minimum atomic E-state index is -0.468. The van der Waals surface area contributed by atoms with Crippen molar-refractivity contribution in [2.75, 3.05) is 7.11 Å². The Bertz CT molecular complexity index is 1710. The summed E-state index contributed by atoms with van der Waals surface area (Å²) in [6.07, 6.45) is 0. The Morgan fingerprint density at radius 3 is 1.42 bits per heavy atom. The van der Waals surface area contributed by atoms with Crippen molar-refractivity contribution in [2.24, 2.45) is 0 Å². The highest BCUT2D eigenvalue weighted by molar-refractivity contribution is 5.84. The Morgan fingerprint density at radius 1 is 0.578 bits per heavy atom. The molecule has 5 rings (SSSR count). The van der Waals surface area contributed by atoms with E-state index in [1.165, 1.54) is 19.2 Å². The summed E-state index contributed by atoms with van der Waals surface area (Å²) in [6.45, 7) is 5.44. The minimum Gasteiger partial charge on any atom is -0.469 e. The zero-order chi connectivity index (χ0) is 32.3. The maximum atomic E-state index is 14.6. The van der Waals surface area contributed by atoms with Crippen molar-refractivity contribution >= 4 is 11.9 Å². The smallest absolute Gasteiger partial charge is 0.312 e. The fourth-order valence-electron chi connectivity index (χ4n) is 4.93. The van der Waals surface area contributed by atoms with Crippen molar-refractivity contribution in [3.8, 4) is 22.3 Å². The summed E-state index contributed by atoms with van der Waals surface area (Å²) in [5.74, 6) is -2.03. The number of hydrogen-bond donors (Lipinski definition) is 1. The first kappa shape index (κ1) is 32.8. The summed E-state index contributed by atoms with van der Waals surface area (Å²) in [7, 11) is 1.33. The zero-order valence-electron chi connectivity index (χ0n) is 25.8. The number of carbonyl (C=O) groups excluding carboxylic acids is 2. The van der Waals surface area contributed by atoms with Gasteiger partial charge in [0.2, 0.25) is 5.91 Å². The SMILES string of the molecule is CC(NC(=O)C(C)c1ccc(-c2ccccc2)c(F)c1)c1ccccc1.COC(=O)C(C)c1ccc(-c2ccccc2)c(F)c1. The summed E-state index contributed by atoms with van der Waals surface area (Å²) in [5, 5.41) is 3.00. The summed E-state index contributed by atoms with van der Waals surface area (Å²) in [6, 6.07) is 38.3. The van der Waals surface area contributed by atoms with Crippen LogP contribution in [0.25, 0.3) is 22.3 Å². The monoisotopic (exact) mass is 605 g/mol. The number of rotatable bonds is 8. The molecule has 3 atom stereocenters. The molecule has 0 aliphatic rings. The first-order chi connectivity index (χ1) is 21.7. The molecule has 0 saturated carbocycles. The van der Waals surface area contributed by atoms with Gasteiger partial charge in [-0.2, -0.15) is 0 Å². The van der Waals surface area contributed by atoms with E-state index in [2.05, 4.69) is 10.1 Å². The van der Waals surface area contributed by atoms with E-state index in [0.29, 0.717) is 22.3 Å². The lowest BCUT2D eigenvalue weighted by Gasteiger charge is -2.18. The van der Waals surface area contributed by atoms with Crippen molar-refractivity contribution in [3.63, 3.8) is 0 Å². The van der Waals surface area contributed by atoms with Gasteiger partial charge in [-0.1, -0.05) is 115 Å². The highest BCUT2D eigenvalue weighted by Gasteiger charge is 2.20. The Morgan fingerprint density at radius 2 is 1.00 bits per heavy atom. The molecule has 230 valence electrons. The van der Waals surface area contributed by atoms with E-state index < -0.39 is 11.8 Å². The molecule has 6 heteroatoms. The van der Waals surface area contributed by atoms with Gasteiger partial charge in [-0.3, -0.25) is 9.59 Å². The van der Waals surface area contributed by atoms with Gasteiger partial charge in [0, 0.05) is 11.1 Å². The molecule has 0 aromatic heterocycles. The number of amides is 1. The van der Waals surface area contributed by atoms with Crippen LogP contribution >= 0.6 is 0 Å². The quantitative estimate of drug-likeness (QED) is 0.179. The van der Waals surface area contributed by atoms with Crippen LogP contribution in [0, 0.1) is 11.6 Å². The van der Waals surface area contributed by atoms with Crippen molar-refractivity contribution in [2.45, 2.75) is 38.6 Å². The lowest BCUT2D eigenvalue weighted by molar-refractivity contribution is -0.142. The Kier molecular flexibility index (Phi) is 11.4. The highest BCUT2D eigenvalue weighted by atomic mass is 19.1. The third-order valence-corrected chi connectivity index (χ3v) is 7.76. The highest BCUT2D eigenvalue weighted by Crippen LogP contribution is 2.28. The van der Waals surface area contributed by atoms with Gasteiger partial charge in [0.05, 0.1) is 25.0 Å². The third kappa shape index (κ3) is 8.51. The number of carbonyl (C=O) groups is 2. The van der Waals surface area contributed by atoms with Crippen molar-refractivity contribution < 1.29 is 23.1 Å². The molecule has 0 spiro atoms. The van der Waals surface area contributed by atoms with Crippen LogP contribution in [-0.4, -0.2) is 19.0 Å². The summed E-state index contributed by atoms with van der Waals surface area (Å²) >= 11 is 0. The molecule has 0 bridgehead atoms. The van der Waals surface area contributed by atoms with Gasteiger partial charge >= 0.3 is 5.97 Å². The van der Waals surface area contributed by atoms with E-state index in [1.54, 1.807) is 32.0 Å². The van der Waals surface area contributed by atoms with Crippen LogP contribution in [0.2, 0.25) is 0 Å². The van der Waals surface area contributed by atoms with E-state index in [-0.39, 0.29) is 29.6 Å². The van der Waals surface area contributed by atoms with Gasteiger partial charge < -0.3 is 10.1 Å². The van der Waals surface area contributed by atoms with E-state index in [9.17, 15) is 18.4 Å². The lowest BCUT2D eigenvalue weighted by atomic mass is 9.96. The average molecular weight is 606 g/mol. The molecule has 5 aromatic carbocycles. The molecular formula is C39H37F2NO3. The number of methoxy groups -OCH3 is 1. The van der Waals surface area contributed by atoms with Crippen LogP contribution in [0.5, 0.6) is 0 Å². The number of hydrogen-bond acceptors (Lipinski definition) is 3. The molecule has 0 fully saturated rings. The predicted molar refractivity (Wildman–Crippen MR) is 176 cm³/mol. The standard InChI is InChI=1S/C23H22FNO.C16H15FO2/c1-16(23(26)25-17(2)18-9-5-3-6-10-18)20-13-14-21(22(24)15-20)19-11-7-4-8-12-19;1-11(16(18)19-2)13-8-9-14(15(17)10-13)12-6-4-3-5-7-12/h3-17H,1-2H3,(H,25,26);3-11H,1-2H3. The van der Waals surface area contributed by atoms with Gasteiger partial charge in [0.15, 0.2) is 0 Å². The first-order valence-electron chi connectivity index (χ1n) is 14.8. The van der Waals surface area contributed by atoms with Crippen LogP contribution in [0.4, 0.5) is 8.78 Å². The predicted octanol–water partition coefficient (Wildman–Crippen LogP) is 9.24. The van der Waals surface area contributed by atoms with Crippen molar-refractivity contribution in [1.82, 2.24) is 5.32 Å². The maximum Gasteiger partial charge on any atom is 0.312 e. The molecule has 0 aliphatic heterocycles.